The number of esters is 1. The van der Waals surface area contributed by atoms with Crippen LogP contribution in [0.5, 0.6) is 5.75 Å². The fourth-order valence-electron chi connectivity index (χ4n) is 3.50. The third-order valence-corrected chi connectivity index (χ3v) is 5.10. The van der Waals surface area contributed by atoms with Crippen molar-refractivity contribution in [3.05, 3.63) is 96.6 Å². The summed E-state index contributed by atoms with van der Waals surface area (Å²) >= 11 is 0. The number of nitrogens with one attached hydrogen (secondary N) is 1. The Morgan fingerprint density at radius 3 is 2.41 bits per heavy atom. The van der Waals surface area contributed by atoms with Gasteiger partial charge in [-0.2, -0.15) is 0 Å². The molecule has 2 amide bonds. The molecule has 6 heteroatoms. The topological polar surface area (TPSA) is 75.7 Å². The molecule has 0 aliphatic carbocycles. The third kappa shape index (κ3) is 5.29. The van der Waals surface area contributed by atoms with Crippen LogP contribution < -0.4 is 15.0 Å². The lowest BCUT2D eigenvalue weighted by atomic mass is 10.1. The summed E-state index contributed by atoms with van der Waals surface area (Å²) in [6, 6.07) is 25.3. The lowest BCUT2D eigenvalue weighted by Crippen LogP contribution is -2.28. The van der Waals surface area contributed by atoms with E-state index in [1.54, 1.807) is 35.2 Å². The lowest BCUT2D eigenvalue weighted by molar-refractivity contribution is -0.129. The van der Waals surface area contributed by atoms with Crippen LogP contribution in [-0.2, 0) is 14.4 Å². The van der Waals surface area contributed by atoms with Gasteiger partial charge in [0.2, 0.25) is 11.8 Å². The Labute approximate surface area is 186 Å². The minimum Gasteiger partial charge on any atom is -0.423 e. The first-order chi connectivity index (χ1) is 15.6. The maximum absolute atomic E-state index is 12.7. The Balaban J connectivity index is 1.35. The van der Waals surface area contributed by atoms with E-state index in [4.69, 9.17) is 4.74 Å². The van der Waals surface area contributed by atoms with Crippen LogP contribution in [0.4, 0.5) is 11.4 Å². The minimum absolute atomic E-state index is 0.0794. The normalized spacial score (nSPS) is 15.7. The molecule has 1 heterocycles. The first-order valence-electron chi connectivity index (χ1n) is 10.3. The highest BCUT2D eigenvalue weighted by Crippen LogP contribution is 2.26. The van der Waals surface area contributed by atoms with Crippen molar-refractivity contribution in [2.75, 3.05) is 16.8 Å². The van der Waals surface area contributed by atoms with Crippen LogP contribution in [0.1, 0.15) is 12.0 Å². The van der Waals surface area contributed by atoms with E-state index in [-0.39, 0.29) is 18.2 Å². The number of benzene rings is 3. The first kappa shape index (κ1) is 21.1. The first-order valence-corrected chi connectivity index (χ1v) is 10.3. The third-order valence-electron chi connectivity index (χ3n) is 5.10. The number of carbonyl (C=O) groups is 3. The van der Waals surface area contributed by atoms with Crippen LogP contribution in [0.25, 0.3) is 6.08 Å². The van der Waals surface area contributed by atoms with Gasteiger partial charge in [0.1, 0.15) is 5.75 Å². The molecular weight excluding hydrogens is 404 g/mol. The molecule has 1 aliphatic rings. The largest absolute Gasteiger partial charge is 0.423 e. The molecule has 6 nitrogen and oxygen atoms in total. The Kier molecular flexibility index (Phi) is 6.41. The molecule has 32 heavy (non-hydrogen) atoms. The SMILES string of the molecule is O=C(/C=C\c1ccccc1)Oc1cccc(NC(=O)[C@@H]2CC(=O)N(c3ccccc3)C2)c1. The van der Waals surface area contributed by atoms with Gasteiger partial charge in [0.25, 0.3) is 0 Å². The molecule has 0 spiro atoms. The van der Waals surface area contributed by atoms with Crippen molar-refractivity contribution >= 4 is 35.2 Å². The average Bonchev–Trinajstić information content (AvgIpc) is 3.21. The fourth-order valence-corrected chi connectivity index (χ4v) is 3.50. The van der Waals surface area contributed by atoms with Crippen LogP contribution in [0.3, 0.4) is 0 Å². The van der Waals surface area contributed by atoms with Crippen LogP contribution in [0, 0.1) is 5.92 Å². The zero-order chi connectivity index (χ0) is 22.3. The van der Waals surface area contributed by atoms with Crippen molar-refractivity contribution in [3.63, 3.8) is 0 Å². The molecule has 3 aromatic carbocycles. The summed E-state index contributed by atoms with van der Waals surface area (Å²) in [7, 11) is 0. The van der Waals surface area contributed by atoms with Crippen LogP contribution in [0.2, 0.25) is 0 Å². The highest BCUT2D eigenvalue weighted by atomic mass is 16.5. The summed E-state index contributed by atoms with van der Waals surface area (Å²) in [5.41, 5.74) is 2.17. The van der Waals surface area contributed by atoms with Gasteiger partial charge in [0.05, 0.1) is 5.92 Å². The van der Waals surface area contributed by atoms with Crippen LogP contribution in [-0.4, -0.2) is 24.3 Å². The van der Waals surface area contributed by atoms with E-state index in [0.29, 0.717) is 18.0 Å². The molecule has 1 atom stereocenters. The number of amides is 2. The molecule has 1 saturated heterocycles. The molecule has 160 valence electrons. The number of para-hydroxylation sites is 1. The Bertz CT molecular complexity index is 1140. The number of ether oxygens (including phenoxy) is 1. The van der Waals surface area contributed by atoms with Crippen molar-refractivity contribution in [2.24, 2.45) is 5.92 Å². The van der Waals surface area contributed by atoms with E-state index >= 15 is 0 Å². The number of carbonyl (C=O) groups excluding carboxylic acids is 3. The minimum atomic E-state index is -0.516. The summed E-state index contributed by atoms with van der Waals surface area (Å²) in [5, 5.41) is 2.82. The average molecular weight is 426 g/mol. The van der Waals surface area contributed by atoms with Crippen LogP contribution in [0.15, 0.2) is 91.0 Å². The highest BCUT2D eigenvalue weighted by Gasteiger charge is 2.35. The molecular formula is C26H22N2O4. The summed E-state index contributed by atoms with van der Waals surface area (Å²) in [4.78, 5) is 38.8. The second-order valence-electron chi connectivity index (χ2n) is 7.42. The molecule has 0 aromatic heterocycles. The Hall–Kier alpha value is -4.19. The predicted octanol–water partition coefficient (Wildman–Crippen LogP) is 4.30. The molecule has 1 N–H and O–H groups in total. The van der Waals surface area contributed by atoms with E-state index in [1.165, 1.54) is 6.08 Å². The smallest absolute Gasteiger partial charge is 0.336 e. The fraction of sp³-hybridized carbons (Fsp3) is 0.115. The van der Waals surface area contributed by atoms with E-state index in [1.807, 2.05) is 60.7 Å². The van der Waals surface area contributed by atoms with Gasteiger partial charge >= 0.3 is 5.97 Å². The Morgan fingerprint density at radius 1 is 0.938 bits per heavy atom. The van der Waals surface area contributed by atoms with E-state index in [0.717, 1.165) is 11.3 Å². The van der Waals surface area contributed by atoms with Crippen molar-refractivity contribution in [1.29, 1.82) is 0 Å². The van der Waals surface area contributed by atoms with Gasteiger partial charge in [-0.25, -0.2) is 4.79 Å². The standard InChI is InChI=1S/C26H22N2O4/c29-24-16-20(18-28(24)22-11-5-2-6-12-22)26(31)27-21-10-7-13-23(17-21)32-25(30)15-14-19-8-3-1-4-9-19/h1-15,17,20H,16,18H2,(H,27,31)/b15-14-/t20-/m1/s1. The summed E-state index contributed by atoms with van der Waals surface area (Å²) in [6.45, 7) is 0.327. The maximum atomic E-state index is 12.7. The number of anilines is 2. The monoisotopic (exact) mass is 426 g/mol. The number of hydrogen-bond donors (Lipinski definition) is 1. The number of nitrogens with zero attached hydrogens (tertiary/aromatic N) is 1. The predicted molar refractivity (Wildman–Crippen MR) is 123 cm³/mol. The Morgan fingerprint density at radius 2 is 1.66 bits per heavy atom. The number of hydrogen-bond acceptors (Lipinski definition) is 4. The second kappa shape index (κ2) is 9.75. The molecule has 3 aromatic rings. The van der Waals surface area contributed by atoms with Gasteiger partial charge in [-0.1, -0.05) is 54.6 Å². The summed E-state index contributed by atoms with van der Waals surface area (Å²) in [6.07, 6.45) is 3.17. The maximum Gasteiger partial charge on any atom is 0.336 e. The molecule has 1 fully saturated rings. The van der Waals surface area contributed by atoms with Gasteiger partial charge < -0.3 is 15.0 Å². The van der Waals surface area contributed by atoms with E-state index in [9.17, 15) is 14.4 Å². The van der Waals surface area contributed by atoms with E-state index < -0.39 is 11.9 Å². The van der Waals surface area contributed by atoms with Crippen molar-refractivity contribution in [3.8, 4) is 5.75 Å². The van der Waals surface area contributed by atoms with E-state index in [2.05, 4.69) is 5.32 Å². The lowest BCUT2D eigenvalue weighted by Gasteiger charge is -2.16. The van der Waals surface area contributed by atoms with Gasteiger partial charge in [-0.3, -0.25) is 9.59 Å². The van der Waals surface area contributed by atoms with Crippen molar-refractivity contribution in [1.82, 2.24) is 0 Å². The second-order valence-corrected chi connectivity index (χ2v) is 7.42. The van der Waals surface area contributed by atoms with Gasteiger partial charge in [0, 0.05) is 36.5 Å². The molecule has 0 radical (unpaired) electrons. The quantitative estimate of drug-likeness (QED) is 0.362. The van der Waals surface area contributed by atoms with Gasteiger partial charge in [-0.15, -0.1) is 0 Å². The molecule has 0 unspecified atom stereocenters. The highest BCUT2D eigenvalue weighted by molar-refractivity contribution is 6.03. The molecule has 4 rings (SSSR count). The van der Waals surface area contributed by atoms with Crippen molar-refractivity contribution < 1.29 is 19.1 Å². The molecule has 0 bridgehead atoms. The van der Waals surface area contributed by atoms with Crippen molar-refractivity contribution in [2.45, 2.75) is 6.42 Å². The van der Waals surface area contributed by atoms with Gasteiger partial charge in [-0.05, 0) is 35.9 Å². The molecule has 0 saturated carbocycles. The zero-order valence-electron chi connectivity index (χ0n) is 17.3. The van der Waals surface area contributed by atoms with Gasteiger partial charge in [0.15, 0.2) is 0 Å². The van der Waals surface area contributed by atoms with Crippen LogP contribution >= 0.6 is 0 Å². The summed E-state index contributed by atoms with van der Waals surface area (Å²) in [5.74, 6) is -0.979. The molecule has 1 aliphatic heterocycles. The zero-order valence-corrected chi connectivity index (χ0v) is 17.3. The summed E-state index contributed by atoms with van der Waals surface area (Å²) < 4.78 is 5.34. The number of rotatable bonds is 6.